The van der Waals surface area contributed by atoms with Crippen molar-refractivity contribution >= 4 is 37.7 Å². The fourth-order valence-corrected chi connectivity index (χ4v) is 0. The molecule has 2 radical (unpaired) electrons. The molecule has 0 aliphatic rings. The molecule has 4 nitrogen and oxygen atoms in total. The molecule has 0 fully saturated rings. The van der Waals surface area contributed by atoms with Gasteiger partial charge in [0.2, 0.25) is 0 Å². The third kappa shape index (κ3) is 57.4. The summed E-state index contributed by atoms with van der Waals surface area (Å²) >= 11 is -5.25. The summed E-state index contributed by atoms with van der Waals surface area (Å²) < 4.78 is 31.9. The van der Waals surface area contributed by atoms with Gasteiger partial charge in [-0.25, -0.2) is 0 Å². The molecular formula is H2CaCrO4. The van der Waals surface area contributed by atoms with Gasteiger partial charge in [-0.3, -0.25) is 0 Å². The van der Waals surface area contributed by atoms with Crippen molar-refractivity contribution in [2.45, 2.75) is 0 Å². The van der Waals surface area contributed by atoms with Gasteiger partial charge in [0.25, 0.3) is 0 Å². The Bertz CT molecular complexity index is 90.7. The first-order valence-electron chi connectivity index (χ1n) is 0.698. The third-order valence-electron chi connectivity index (χ3n) is 0. The second-order valence-corrected chi connectivity index (χ2v) is 1.85. The van der Waals surface area contributed by atoms with Gasteiger partial charge in [-0.05, 0) is 0 Å². The molecule has 34 valence electrons. The molecule has 0 amide bonds. The van der Waals surface area contributed by atoms with Crippen molar-refractivity contribution in [1.82, 2.24) is 0 Å². The Hall–Kier alpha value is 1.31. The van der Waals surface area contributed by atoms with E-state index < -0.39 is 13.6 Å². The molecule has 0 aliphatic heterocycles. The zero-order valence-corrected chi connectivity index (χ0v) is 6.31. The number of rotatable bonds is 0. The summed E-state index contributed by atoms with van der Waals surface area (Å²) in [5.74, 6) is 0. The normalized spacial score (nSPS) is 9.67. The number of hydrogen-bond acceptors (Lipinski definition) is 2. The summed E-state index contributed by atoms with van der Waals surface area (Å²) in [7, 11) is 0. The van der Waals surface area contributed by atoms with Gasteiger partial charge < -0.3 is 0 Å². The van der Waals surface area contributed by atoms with Gasteiger partial charge in [-0.1, -0.05) is 0 Å². The van der Waals surface area contributed by atoms with E-state index in [2.05, 4.69) is 0 Å². The van der Waals surface area contributed by atoms with Crippen LogP contribution in [0, 0.1) is 0 Å². The number of hydrogen-bond donors (Lipinski definition) is 2. The SMILES string of the molecule is [Ca].[O]=[Cr](=[O])([OH])[OH]. The molecule has 2 N–H and O–H groups in total. The van der Waals surface area contributed by atoms with Crippen molar-refractivity contribution in [3.63, 3.8) is 0 Å². The molecule has 0 aliphatic carbocycles. The molecule has 0 saturated carbocycles. The van der Waals surface area contributed by atoms with E-state index in [1.54, 1.807) is 0 Å². The van der Waals surface area contributed by atoms with Crippen LogP contribution in [0.5, 0.6) is 0 Å². The van der Waals surface area contributed by atoms with Crippen molar-refractivity contribution in [3.8, 4) is 0 Å². The molecule has 0 spiro atoms. The van der Waals surface area contributed by atoms with Crippen LogP contribution in [0.15, 0.2) is 0 Å². The predicted molar refractivity (Wildman–Crippen MR) is 11.6 cm³/mol. The van der Waals surface area contributed by atoms with Crippen LogP contribution < -0.4 is 0 Å². The minimum absolute atomic E-state index is 0. The van der Waals surface area contributed by atoms with Crippen molar-refractivity contribution in [2.75, 3.05) is 0 Å². The summed E-state index contributed by atoms with van der Waals surface area (Å²) in [6.45, 7) is 0. The fourth-order valence-electron chi connectivity index (χ4n) is 0. The van der Waals surface area contributed by atoms with Gasteiger partial charge in [0.1, 0.15) is 0 Å². The zero-order chi connectivity index (χ0) is 4.50. The van der Waals surface area contributed by atoms with Crippen LogP contribution in [0.25, 0.3) is 0 Å². The first-order chi connectivity index (χ1) is 2.00. The van der Waals surface area contributed by atoms with Gasteiger partial charge in [0, 0.05) is 37.7 Å². The van der Waals surface area contributed by atoms with E-state index >= 15 is 0 Å². The Morgan fingerprint density at radius 1 is 1.17 bits per heavy atom. The maximum atomic E-state index is 8.82. The maximum absolute atomic E-state index is 8.82. The van der Waals surface area contributed by atoms with E-state index in [1.165, 1.54) is 0 Å². The van der Waals surface area contributed by atoms with E-state index in [0.29, 0.717) is 0 Å². The Kier molecular flexibility index (Phi) is 5.73. The second kappa shape index (κ2) is 3.33. The summed E-state index contributed by atoms with van der Waals surface area (Å²) in [4.78, 5) is 0. The molecule has 0 saturated heterocycles. The quantitative estimate of drug-likeness (QED) is 0.410. The van der Waals surface area contributed by atoms with E-state index in [9.17, 15) is 0 Å². The topological polar surface area (TPSA) is 74.6 Å². The van der Waals surface area contributed by atoms with Crippen LogP contribution >= 0.6 is 0 Å². The average Bonchev–Trinajstić information content (AvgIpc) is 0.722. The molecule has 0 bridgehead atoms. The molecule has 6 heavy (non-hydrogen) atoms. The van der Waals surface area contributed by atoms with Crippen molar-refractivity contribution in [2.24, 2.45) is 0 Å². The molecule has 0 unspecified atom stereocenters. The Morgan fingerprint density at radius 3 is 1.17 bits per heavy atom. The summed E-state index contributed by atoms with van der Waals surface area (Å²) in [5.41, 5.74) is 0. The van der Waals surface area contributed by atoms with Crippen molar-refractivity contribution < 1.29 is 29.5 Å². The van der Waals surface area contributed by atoms with E-state index in [1.807, 2.05) is 0 Å². The van der Waals surface area contributed by atoms with Crippen LogP contribution in [0.1, 0.15) is 0 Å². The molecule has 0 aromatic heterocycles. The first-order valence-corrected chi connectivity index (χ1v) is 2.88. The van der Waals surface area contributed by atoms with Gasteiger partial charge in [-0.15, -0.1) is 0 Å². The van der Waals surface area contributed by atoms with Gasteiger partial charge in [-0.2, -0.15) is 0 Å². The Morgan fingerprint density at radius 2 is 1.17 bits per heavy atom. The minimum atomic E-state index is -5.25. The summed E-state index contributed by atoms with van der Waals surface area (Å²) in [5, 5.41) is 0. The van der Waals surface area contributed by atoms with Crippen LogP contribution in [0.4, 0.5) is 0 Å². The summed E-state index contributed by atoms with van der Waals surface area (Å²) in [6.07, 6.45) is 0. The Labute approximate surface area is 66.6 Å². The third-order valence-corrected chi connectivity index (χ3v) is 0. The monoisotopic (exact) mass is 158 g/mol. The Balaban J connectivity index is 0. The molecule has 6 heteroatoms. The van der Waals surface area contributed by atoms with Crippen LogP contribution in [-0.2, 0) is 21.2 Å². The van der Waals surface area contributed by atoms with Gasteiger partial charge >= 0.3 is 29.5 Å². The first kappa shape index (κ1) is 10.3. The van der Waals surface area contributed by atoms with E-state index in [-0.39, 0.29) is 37.7 Å². The molecular weight excluding hydrogens is 156 g/mol. The molecule has 0 heterocycles. The fraction of sp³-hybridized carbons (Fsp3) is 0. The standard InChI is InChI=1S/Ca.Cr.2H2O.2O/h;;2*1H2;;/q;+2;;;;/p-2. The second-order valence-electron chi connectivity index (χ2n) is 0.448. The zero-order valence-electron chi connectivity index (χ0n) is 2.83. The van der Waals surface area contributed by atoms with Gasteiger partial charge in [0.05, 0.1) is 0 Å². The molecule has 0 aromatic rings. The van der Waals surface area contributed by atoms with E-state index in [0.717, 1.165) is 0 Å². The van der Waals surface area contributed by atoms with Crippen molar-refractivity contribution in [1.29, 1.82) is 0 Å². The molecule has 0 rings (SSSR count). The predicted octanol–water partition coefficient (Wildman–Crippen LogP) is -1.73. The molecule has 0 aromatic carbocycles. The van der Waals surface area contributed by atoms with Crippen LogP contribution in [0.2, 0.25) is 0 Å². The average molecular weight is 158 g/mol. The molecule has 0 atom stereocenters. The summed E-state index contributed by atoms with van der Waals surface area (Å²) in [6, 6.07) is 0. The van der Waals surface area contributed by atoms with Crippen LogP contribution in [-0.4, -0.2) is 46.1 Å². The van der Waals surface area contributed by atoms with Gasteiger partial charge in [0.15, 0.2) is 0 Å². The van der Waals surface area contributed by atoms with Crippen molar-refractivity contribution in [3.05, 3.63) is 0 Å². The van der Waals surface area contributed by atoms with E-state index in [4.69, 9.17) is 15.9 Å². The van der Waals surface area contributed by atoms with Crippen LogP contribution in [0.3, 0.4) is 0 Å².